The summed E-state index contributed by atoms with van der Waals surface area (Å²) in [6.07, 6.45) is 3.84. The summed E-state index contributed by atoms with van der Waals surface area (Å²) in [6, 6.07) is 19.1. The smallest absolute Gasteiger partial charge is 0.0510 e. The summed E-state index contributed by atoms with van der Waals surface area (Å²) in [7, 11) is 0. The van der Waals surface area contributed by atoms with Gasteiger partial charge in [-0.2, -0.15) is 0 Å². The molecule has 1 unspecified atom stereocenters. The van der Waals surface area contributed by atoms with E-state index in [2.05, 4.69) is 71.8 Å². The van der Waals surface area contributed by atoms with Gasteiger partial charge in [0.05, 0.1) is 6.04 Å². The predicted molar refractivity (Wildman–Crippen MR) is 104 cm³/mol. The van der Waals surface area contributed by atoms with Crippen LogP contribution in [0.2, 0.25) is 0 Å². The highest BCUT2D eigenvalue weighted by atomic mass is 15.3. The van der Waals surface area contributed by atoms with Crippen molar-refractivity contribution < 1.29 is 0 Å². The Morgan fingerprint density at radius 3 is 2.72 bits per heavy atom. The first-order valence-corrected chi connectivity index (χ1v) is 9.66. The number of aromatic nitrogens is 1. The van der Waals surface area contributed by atoms with Crippen LogP contribution in [0.3, 0.4) is 0 Å². The second-order valence-corrected chi connectivity index (χ2v) is 7.77. The van der Waals surface area contributed by atoms with E-state index in [1.165, 1.54) is 41.3 Å². The van der Waals surface area contributed by atoms with E-state index in [0.29, 0.717) is 12.1 Å². The van der Waals surface area contributed by atoms with Crippen LogP contribution in [0, 0.1) is 6.92 Å². The first kappa shape index (κ1) is 15.2. The minimum Gasteiger partial charge on any atom is -0.342 e. The maximum Gasteiger partial charge on any atom is 0.0510 e. The molecule has 0 saturated heterocycles. The zero-order valence-electron chi connectivity index (χ0n) is 15.2. The third-order valence-electron chi connectivity index (χ3n) is 6.35. The van der Waals surface area contributed by atoms with Crippen LogP contribution in [0.25, 0.3) is 10.9 Å². The first-order chi connectivity index (χ1) is 12.2. The molecule has 2 heterocycles. The summed E-state index contributed by atoms with van der Waals surface area (Å²) in [4.78, 5) is 2.75. The monoisotopic (exact) mass is 330 g/mol. The Labute approximate surface area is 150 Å². The molecule has 2 heteroatoms. The van der Waals surface area contributed by atoms with Gasteiger partial charge in [0.1, 0.15) is 0 Å². The SMILES string of the molecule is Cc1ccc2c(c1)c1c3n2CCN(C(C)c2ccccc2)[C@H]3CCC1. The van der Waals surface area contributed by atoms with E-state index in [1.807, 2.05) is 0 Å². The van der Waals surface area contributed by atoms with Gasteiger partial charge in [-0.25, -0.2) is 0 Å². The van der Waals surface area contributed by atoms with E-state index in [9.17, 15) is 0 Å². The van der Waals surface area contributed by atoms with E-state index in [4.69, 9.17) is 0 Å². The maximum atomic E-state index is 2.75. The Hall–Kier alpha value is -2.06. The van der Waals surface area contributed by atoms with Crippen molar-refractivity contribution in [2.24, 2.45) is 0 Å². The number of hydrogen-bond donors (Lipinski definition) is 0. The molecule has 1 aromatic heterocycles. The van der Waals surface area contributed by atoms with E-state index >= 15 is 0 Å². The molecule has 0 fully saturated rings. The van der Waals surface area contributed by atoms with Crippen molar-refractivity contribution in [1.29, 1.82) is 0 Å². The summed E-state index contributed by atoms with van der Waals surface area (Å²) in [6.45, 7) is 6.85. The molecule has 2 atom stereocenters. The lowest BCUT2D eigenvalue weighted by atomic mass is 9.88. The van der Waals surface area contributed by atoms with Gasteiger partial charge < -0.3 is 4.57 Å². The fraction of sp³-hybridized carbons (Fsp3) is 0.391. The average Bonchev–Trinajstić information content (AvgIpc) is 2.97. The summed E-state index contributed by atoms with van der Waals surface area (Å²) in [5.41, 5.74) is 7.51. The molecular formula is C23H26N2. The van der Waals surface area contributed by atoms with Crippen LogP contribution in [0.15, 0.2) is 48.5 Å². The third-order valence-corrected chi connectivity index (χ3v) is 6.35. The minimum absolute atomic E-state index is 0.477. The maximum absolute atomic E-state index is 2.75. The van der Waals surface area contributed by atoms with Gasteiger partial charge in [0.2, 0.25) is 0 Å². The van der Waals surface area contributed by atoms with E-state index in [1.54, 1.807) is 11.3 Å². The van der Waals surface area contributed by atoms with Crippen LogP contribution in [-0.2, 0) is 13.0 Å². The number of nitrogens with zero attached hydrogens (tertiary/aromatic N) is 2. The lowest BCUT2D eigenvalue weighted by molar-refractivity contribution is 0.0973. The number of fused-ring (bicyclic) bond motifs is 3. The van der Waals surface area contributed by atoms with E-state index in [-0.39, 0.29) is 0 Å². The summed E-state index contributed by atoms with van der Waals surface area (Å²) in [5, 5.41) is 1.51. The normalized spacial score (nSPS) is 21.3. The molecular weight excluding hydrogens is 304 g/mol. The first-order valence-electron chi connectivity index (χ1n) is 9.66. The topological polar surface area (TPSA) is 8.17 Å². The highest BCUT2D eigenvalue weighted by molar-refractivity contribution is 5.87. The second kappa shape index (κ2) is 5.74. The van der Waals surface area contributed by atoms with Crippen LogP contribution in [-0.4, -0.2) is 16.0 Å². The van der Waals surface area contributed by atoms with Crippen LogP contribution in [0.4, 0.5) is 0 Å². The zero-order valence-corrected chi connectivity index (χ0v) is 15.2. The summed E-state index contributed by atoms with van der Waals surface area (Å²) < 4.78 is 2.63. The van der Waals surface area contributed by atoms with Crippen molar-refractivity contribution >= 4 is 10.9 Å². The number of hydrogen-bond acceptors (Lipinski definition) is 1. The predicted octanol–water partition coefficient (Wildman–Crippen LogP) is 5.40. The van der Waals surface area contributed by atoms with E-state index < -0.39 is 0 Å². The molecule has 25 heavy (non-hydrogen) atoms. The van der Waals surface area contributed by atoms with Gasteiger partial charge in [-0.05, 0) is 56.4 Å². The molecule has 5 rings (SSSR count). The van der Waals surface area contributed by atoms with Gasteiger partial charge in [-0.3, -0.25) is 4.90 Å². The number of rotatable bonds is 2. The molecule has 3 aromatic rings. The third kappa shape index (κ3) is 2.27. The largest absolute Gasteiger partial charge is 0.342 e. The van der Waals surface area contributed by atoms with Gasteiger partial charge in [0.15, 0.2) is 0 Å². The molecule has 0 saturated carbocycles. The number of benzene rings is 2. The second-order valence-electron chi connectivity index (χ2n) is 7.77. The molecule has 2 aromatic carbocycles. The quantitative estimate of drug-likeness (QED) is 0.610. The van der Waals surface area contributed by atoms with Crippen LogP contribution in [0.5, 0.6) is 0 Å². The van der Waals surface area contributed by atoms with Crippen molar-refractivity contribution in [1.82, 2.24) is 9.47 Å². The van der Waals surface area contributed by atoms with Gasteiger partial charge >= 0.3 is 0 Å². The van der Waals surface area contributed by atoms with Gasteiger partial charge in [0, 0.05) is 35.7 Å². The average molecular weight is 330 g/mol. The lowest BCUT2D eigenvalue weighted by Gasteiger charge is -2.43. The minimum atomic E-state index is 0.477. The standard InChI is InChI=1S/C23H26N2/c1-16-11-12-21-20(15-16)19-9-6-10-22-23(19)25(21)14-13-24(22)17(2)18-7-4-3-5-8-18/h3-5,7-8,11-12,15,17,22H,6,9-10,13-14H2,1-2H3/t17?,22-/m0/s1. The Kier molecular flexibility index (Phi) is 3.49. The van der Waals surface area contributed by atoms with Crippen molar-refractivity contribution in [3.05, 3.63) is 70.9 Å². The molecule has 0 bridgehead atoms. The molecule has 0 N–H and O–H groups in total. The van der Waals surface area contributed by atoms with Crippen LogP contribution < -0.4 is 0 Å². The molecule has 2 aliphatic rings. The van der Waals surface area contributed by atoms with Crippen molar-refractivity contribution in [2.45, 2.75) is 51.7 Å². The van der Waals surface area contributed by atoms with Crippen molar-refractivity contribution in [3.8, 4) is 0 Å². The molecule has 0 amide bonds. The van der Waals surface area contributed by atoms with E-state index in [0.717, 1.165) is 13.1 Å². The summed E-state index contributed by atoms with van der Waals surface area (Å²) >= 11 is 0. The number of aryl methyl sites for hydroxylation is 2. The highest BCUT2D eigenvalue weighted by Crippen LogP contribution is 2.45. The van der Waals surface area contributed by atoms with Crippen molar-refractivity contribution in [3.63, 3.8) is 0 Å². The van der Waals surface area contributed by atoms with Gasteiger partial charge in [-0.15, -0.1) is 0 Å². The Morgan fingerprint density at radius 1 is 1.04 bits per heavy atom. The van der Waals surface area contributed by atoms with Crippen LogP contribution in [0.1, 0.15) is 54.2 Å². The fourth-order valence-corrected chi connectivity index (χ4v) is 5.13. The van der Waals surface area contributed by atoms with Gasteiger partial charge in [0.25, 0.3) is 0 Å². The van der Waals surface area contributed by atoms with Gasteiger partial charge in [-0.1, -0.05) is 42.0 Å². The van der Waals surface area contributed by atoms with Crippen LogP contribution >= 0.6 is 0 Å². The zero-order chi connectivity index (χ0) is 17.0. The molecule has 0 radical (unpaired) electrons. The Balaban J connectivity index is 1.63. The molecule has 1 aliphatic carbocycles. The Bertz CT molecular complexity index is 922. The lowest BCUT2D eigenvalue weighted by Crippen LogP contribution is -2.41. The highest BCUT2D eigenvalue weighted by Gasteiger charge is 2.36. The molecule has 128 valence electrons. The summed E-state index contributed by atoms with van der Waals surface area (Å²) in [5.74, 6) is 0. The molecule has 2 nitrogen and oxygen atoms in total. The molecule has 0 spiro atoms. The van der Waals surface area contributed by atoms with Crippen molar-refractivity contribution in [2.75, 3.05) is 6.54 Å². The Morgan fingerprint density at radius 2 is 1.88 bits per heavy atom. The molecule has 1 aliphatic heterocycles. The fourth-order valence-electron chi connectivity index (χ4n) is 5.13.